The lowest BCUT2D eigenvalue weighted by Crippen LogP contribution is -1.67. The minimum absolute atomic E-state index is 1.09. The molecule has 0 saturated heterocycles. The van der Waals surface area contributed by atoms with Crippen LogP contribution in [-0.2, 0) is 0 Å². The molecule has 98 valence electrons. The molecule has 0 spiro atoms. The van der Waals surface area contributed by atoms with Gasteiger partial charge in [0.25, 0.3) is 0 Å². The van der Waals surface area contributed by atoms with Crippen molar-refractivity contribution in [3.05, 3.63) is 72.9 Å². The Morgan fingerprint density at radius 1 is 0.611 bits per heavy atom. The number of hydrogen-bond donors (Lipinski definition) is 0. The molecule has 0 unspecified atom stereocenters. The topological polar surface area (TPSA) is 0 Å². The highest BCUT2D eigenvalue weighted by Gasteiger charge is 1.77. The fourth-order valence-electron chi connectivity index (χ4n) is 1.29. The van der Waals surface area contributed by atoms with Gasteiger partial charge in [0, 0.05) is 0 Å². The standard InChI is InChI=1S/C18H26/c1-3-5-7-9-11-13-15-17-18-16-14-12-10-8-6-4-2/h3,5-6,8,10,12-18H,4,7,9,11H2,1-2H3/b5-3+,8-6+,12-10+,15-13+,16-14+,18-17+. The summed E-state index contributed by atoms with van der Waals surface area (Å²) in [5.74, 6) is 0. The van der Waals surface area contributed by atoms with E-state index in [1.165, 1.54) is 12.8 Å². The Morgan fingerprint density at radius 2 is 1.11 bits per heavy atom. The van der Waals surface area contributed by atoms with E-state index >= 15 is 0 Å². The van der Waals surface area contributed by atoms with E-state index in [1.807, 2.05) is 24.3 Å². The molecule has 0 nitrogen and oxygen atoms in total. The van der Waals surface area contributed by atoms with Crippen LogP contribution in [0, 0.1) is 0 Å². The van der Waals surface area contributed by atoms with Gasteiger partial charge < -0.3 is 0 Å². The van der Waals surface area contributed by atoms with Crippen molar-refractivity contribution in [2.45, 2.75) is 39.5 Å². The third-order valence-electron chi connectivity index (χ3n) is 2.26. The van der Waals surface area contributed by atoms with Gasteiger partial charge in [-0.2, -0.15) is 0 Å². The Morgan fingerprint density at radius 3 is 1.67 bits per heavy atom. The molecule has 0 aromatic carbocycles. The summed E-state index contributed by atoms with van der Waals surface area (Å²) in [5, 5.41) is 0. The highest BCUT2D eigenvalue weighted by atomic mass is 13.8. The van der Waals surface area contributed by atoms with Gasteiger partial charge in [-0.1, -0.05) is 79.8 Å². The number of rotatable bonds is 9. The zero-order chi connectivity index (χ0) is 13.3. The summed E-state index contributed by atoms with van der Waals surface area (Å²) in [6, 6.07) is 0. The van der Waals surface area contributed by atoms with E-state index in [1.54, 1.807) is 0 Å². The summed E-state index contributed by atoms with van der Waals surface area (Å²) < 4.78 is 0. The van der Waals surface area contributed by atoms with Gasteiger partial charge >= 0.3 is 0 Å². The molecule has 0 atom stereocenters. The maximum absolute atomic E-state index is 2.22. The maximum Gasteiger partial charge on any atom is -0.0345 e. The van der Waals surface area contributed by atoms with Gasteiger partial charge in [0.2, 0.25) is 0 Å². The molecule has 0 aliphatic heterocycles. The third kappa shape index (κ3) is 14.4. The second-order valence-corrected chi connectivity index (χ2v) is 3.92. The molecule has 0 aromatic heterocycles. The SMILES string of the molecule is C/C=C/CCC/C=C/C=C/C=C/C=C/C=C/CC. The Hall–Kier alpha value is -1.56. The Bertz CT molecular complexity index is 322. The van der Waals surface area contributed by atoms with Crippen molar-refractivity contribution in [2.24, 2.45) is 0 Å². The molecule has 0 rings (SSSR count). The van der Waals surface area contributed by atoms with Gasteiger partial charge in [0.05, 0.1) is 0 Å². The predicted molar refractivity (Wildman–Crippen MR) is 84.7 cm³/mol. The molecule has 0 aliphatic carbocycles. The fourth-order valence-corrected chi connectivity index (χ4v) is 1.29. The van der Waals surface area contributed by atoms with Crippen molar-refractivity contribution in [1.82, 2.24) is 0 Å². The van der Waals surface area contributed by atoms with Gasteiger partial charge in [-0.3, -0.25) is 0 Å². The largest absolute Gasteiger partial charge is 0.0917 e. The number of unbranched alkanes of at least 4 members (excludes halogenated alkanes) is 2. The zero-order valence-electron chi connectivity index (χ0n) is 11.8. The Kier molecular flexibility index (Phi) is 14.1. The van der Waals surface area contributed by atoms with Crippen molar-refractivity contribution in [3.63, 3.8) is 0 Å². The van der Waals surface area contributed by atoms with Crippen molar-refractivity contribution in [1.29, 1.82) is 0 Å². The smallest absolute Gasteiger partial charge is 0.0345 e. The summed E-state index contributed by atoms with van der Waals surface area (Å²) in [4.78, 5) is 0. The molecule has 0 radical (unpaired) electrons. The molecule has 0 N–H and O–H groups in total. The minimum atomic E-state index is 1.09. The monoisotopic (exact) mass is 242 g/mol. The van der Waals surface area contributed by atoms with E-state index < -0.39 is 0 Å². The van der Waals surface area contributed by atoms with Crippen LogP contribution in [0.5, 0.6) is 0 Å². The fraction of sp³-hybridized carbons (Fsp3) is 0.333. The van der Waals surface area contributed by atoms with Crippen molar-refractivity contribution in [2.75, 3.05) is 0 Å². The van der Waals surface area contributed by atoms with E-state index in [9.17, 15) is 0 Å². The average Bonchev–Trinajstić information content (AvgIpc) is 2.39. The number of allylic oxidation sites excluding steroid dienone is 12. The molecule has 0 saturated carbocycles. The third-order valence-corrected chi connectivity index (χ3v) is 2.26. The lowest BCUT2D eigenvalue weighted by Gasteiger charge is -1.87. The molecular weight excluding hydrogens is 216 g/mol. The molecule has 0 bridgehead atoms. The predicted octanol–water partition coefficient (Wildman–Crippen LogP) is 5.92. The zero-order valence-corrected chi connectivity index (χ0v) is 11.8. The lowest BCUT2D eigenvalue weighted by molar-refractivity contribution is 0.867. The first-order valence-electron chi connectivity index (χ1n) is 6.84. The second-order valence-electron chi connectivity index (χ2n) is 3.92. The van der Waals surface area contributed by atoms with E-state index in [2.05, 4.69) is 62.5 Å². The van der Waals surface area contributed by atoms with Gasteiger partial charge in [0.1, 0.15) is 0 Å². The van der Waals surface area contributed by atoms with Crippen LogP contribution in [0.2, 0.25) is 0 Å². The van der Waals surface area contributed by atoms with Crippen LogP contribution in [0.25, 0.3) is 0 Å². The van der Waals surface area contributed by atoms with E-state index in [-0.39, 0.29) is 0 Å². The minimum Gasteiger partial charge on any atom is -0.0917 e. The molecule has 0 aromatic rings. The van der Waals surface area contributed by atoms with Gasteiger partial charge in [0.15, 0.2) is 0 Å². The quantitative estimate of drug-likeness (QED) is 0.267. The molecule has 0 heterocycles. The van der Waals surface area contributed by atoms with Crippen LogP contribution in [-0.4, -0.2) is 0 Å². The van der Waals surface area contributed by atoms with E-state index in [0.717, 1.165) is 12.8 Å². The van der Waals surface area contributed by atoms with Gasteiger partial charge in [-0.05, 0) is 32.6 Å². The van der Waals surface area contributed by atoms with E-state index in [0.29, 0.717) is 0 Å². The first-order chi connectivity index (χ1) is 8.91. The molecule has 0 amide bonds. The van der Waals surface area contributed by atoms with Crippen LogP contribution < -0.4 is 0 Å². The summed E-state index contributed by atoms with van der Waals surface area (Å²) >= 11 is 0. The molecule has 0 fully saturated rings. The molecular formula is C18H26. The van der Waals surface area contributed by atoms with Crippen LogP contribution in [0.1, 0.15) is 39.5 Å². The van der Waals surface area contributed by atoms with Crippen molar-refractivity contribution >= 4 is 0 Å². The highest BCUT2D eigenvalue weighted by molar-refractivity contribution is 5.17. The van der Waals surface area contributed by atoms with Gasteiger partial charge in [-0.15, -0.1) is 0 Å². The molecule has 18 heavy (non-hydrogen) atoms. The average molecular weight is 242 g/mol. The first kappa shape index (κ1) is 16.4. The van der Waals surface area contributed by atoms with Gasteiger partial charge in [-0.25, -0.2) is 0 Å². The summed E-state index contributed by atoms with van der Waals surface area (Å²) in [6.07, 6.45) is 29.8. The van der Waals surface area contributed by atoms with E-state index in [4.69, 9.17) is 0 Å². The summed E-state index contributed by atoms with van der Waals surface area (Å²) in [7, 11) is 0. The van der Waals surface area contributed by atoms with Crippen LogP contribution in [0.4, 0.5) is 0 Å². The van der Waals surface area contributed by atoms with Crippen molar-refractivity contribution < 1.29 is 0 Å². The molecule has 0 heteroatoms. The van der Waals surface area contributed by atoms with Crippen LogP contribution in [0.15, 0.2) is 72.9 Å². The maximum atomic E-state index is 2.22. The first-order valence-corrected chi connectivity index (χ1v) is 6.84. The Balaban J connectivity index is 3.57. The number of hydrogen-bond acceptors (Lipinski definition) is 0. The van der Waals surface area contributed by atoms with Crippen LogP contribution in [0.3, 0.4) is 0 Å². The van der Waals surface area contributed by atoms with Crippen LogP contribution >= 0.6 is 0 Å². The summed E-state index contributed by atoms with van der Waals surface area (Å²) in [6.45, 7) is 4.20. The lowest BCUT2D eigenvalue weighted by atomic mass is 10.2. The Labute approximate surface area is 113 Å². The highest BCUT2D eigenvalue weighted by Crippen LogP contribution is 1.97. The normalized spacial score (nSPS) is 13.7. The molecule has 0 aliphatic rings. The van der Waals surface area contributed by atoms with Crippen molar-refractivity contribution in [3.8, 4) is 0 Å². The second kappa shape index (κ2) is 15.4. The summed E-state index contributed by atoms with van der Waals surface area (Å²) in [5.41, 5.74) is 0.